The summed E-state index contributed by atoms with van der Waals surface area (Å²) in [7, 11) is 1.42. The third-order valence-corrected chi connectivity index (χ3v) is 5.44. The molecule has 0 unspecified atom stereocenters. The maximum atomic E-state index is 13.8. The van der Waals surface area contributed by atoms with E-state index in [1.54, 1.807) is 17.0 Å². The highest BCUT2D eigenvalue weighted by Crippen LogP contribution is 2.27. The Balaban J connectivity index is 1.55. The van der Waals surface area contributed by atoms with E-state index in [2.05, 4.69) is 0 Å². The van der Waals surface area contributed by atoms with Crippen LogP contribution in [0.2, 0.25) is 0 Å². The standard InChI is InChI=1S/C20H27FN2O3/c1-26-18-8-7-15(13-17(18)21)14-19(24)22-9-4-10-23(12-11-22)20(25)16-5-2-3-6-16/h7-8,13,16H,2-6,9-12,14H2,1H3. The van der Waals surface area contributed by atoms with E-state index < -0.39 is 5.82 Å². The zero-order chi connectivity index (χ0) is 18.5. The molecule has 3 rings (SSSR count). The Labute approximate surface area is 154 Å². The largest absolute Gasteiger partial charge is 0.494 e. The number of rotatable bonds is 4. The molecule has 142 valence electrons. The number of amides is 2. The molecule has 0 N–H and O–H groups in total. The van der Waals surface area contributed by atoms with Gasteiger partial charge in [-0.05, 0) is 37.0 Å². The lowest BCUT2D eigenvalue weighted by atomic mass is 10.1. The first kappa shape index (κ1) is 18.7. The maximum absolute atomic E-state index is 13.8. The number of methoxy groups -OCH3 is 1. The summed E-state index contributed by atoms with van der Waals surface area (Å²) in [6, 6.07) is 4.61. The van der Waals surface area contributed by atoms with Gasteiger partial charge in [-0.25, -0.2) is 4.39 Å². The van der Waals surface area contributed by atoms with Crippen LogP contribution in [0.3, 0.4) is 0 Å². The highest BCUT2D eigenvalue weighted by atomic mass is 19.1. The summed E-state index contributed by atoms with van der Waals surface area (Å²) in [5.74, 6) is 0.136. The Morgan fingerprint density at radius 3 is 2.46 bits per heavy atom. The second-order valence-corrected chi connectivity index (χ2v) is 7.19. The van der Waals surface area contributed by atoms with Gasteiger partial charge in [-0.3, -0.25) is 9.59 Å². The van der Waals surface area contributed by atoms with Crippen molar-refractivity contribution in [3.05, 3.63) is 29.6 Å². The van der Waals surface area contributed by atoms with Gasteiger partial charge in [-0.15, -0.1) is 0 Å². The lowest BCUT2D eigenvalue weighted by Crippen LogP contribution is -2.39. The van der Waals surface area contributed by atoms with Gasteiger partial charge >= 0.3 is 0 Å². The molecule has 0 atom stereocenters. The second-order valence-electron chi connectivity index (χ2n) is 7.19. The summed E-state index contributed by atoms with van der Waals surface area (Å²) in [5, 5.41) is 0. The minimum atomic E-state index is -0.456. The fourth-order valence-electron chi connectivity index (χ4n) is 3.92. The molecule has 0 radical (unpaired) electrons. The molecule has 2 amide bonds. The zero-order valence-electron chi connectivity index (χ0n) is 15.4. The summed E-state index contributed by atoms with van der Waals surface area (Å²) in [6.45, 7) is 2.51. The second kappa shape index (κ2) is 8.52. The van der Waals surface area contributed by atoms with E-state index >= 15 is 0 Å². The lowest BCUT2D eigenvalue weighted by molar-refractivity contribution is -0.136. The molecule has 1 aromatic carbocycles. The smallest absolute Gasteiger partial charge is 0.227 e. The predicted molar refractivity (Wildman–Crippen MR) is 96.4 cm³/mol. The summed E-state index contributed by atoms with van der Waals surface area (Å²) >= 11 is 0. The lowest BCUT2D eigenvalue weighted by Gasteiger charge is -2.24. The van der Waals surface area contributed by atoms with Crippen LogP contribution in [0.25, 0.3) is 0 Å². The number of nitrogens with zero attached hydrogens (tertiary/aromatic N) is 2. The molecule has 0 bridgehead atoms. The average molecular weight is 362 g/mol. The van der Waals surface area contributed by atoms with Crippen molar-refractivity contribution in [3.63, 3.8) is 0 Å². The van der Waals surface area contributed by atoms with Gasteiger partial charge in [0.15, 0.2) is 11.6 Å². The molecule has 1 aliphatic heterocycles. The van der Waals surface area contributed by atoms with Crippen LogP contribution in [0.5, 0.6) is 5.75 Å². The highest BCUT2D eigenvalue weighted by molar-refractivity contribution is 5.80. The third-order valence-electron chi connectivity index (χ3n) is 5.44. The molecular formula is C20H27FN2O3. The van der Waals surface area contributed by atoms with Crippen molar-refractivity contribution in [3.8, 4) is 5.75 Å². The van der Waals surface area contributed by atoms with Gasteiger partial charge in [-0.2, -0.15) is 0 Å². The monoisotopic (exact) mass is 362 g/mol. The van der Waals surface area contributed by atoms with E-state index in [1.807, 2.05) is 4.90 Å². The third kappa shape index (κ3) is 4.34. The number of ether oxygens (including phenoxy) is 1. The summed E-state index contributed by atoms with van der Waals surface area (Å²) in [4.78, 5) is 28.9. The topological polar surface area (TPSA) is 49.9 Å². The molecular weight excluding hydrogens is 335 g/mol. The van der Waals surface area contributed by atoms with Crippen LogP contribution < -0.4 is 4.74 Å². The van der Waals surface area contributed by atoms with E-state index in [0.717, 1.165) is 38.6 Å². The molecule has 1 aromatic rings. The van der Waals surface area contributed by atoms with Gasteiger partial charge in [0.1, 0.15) is 0 Å². The molecule has 1 aliphatic carbocycles. The molecule has 2 fully saturated rings. The number of carbonyl (C=O) groups excluding carboxylic acids is 2. The quantitative estimate of drug-likeness (QED) is 0.827. The van der Waals surface area contributed by atoms with Crippen molar-refractivity contribution in [2.45, 2.75) is 38.5 Å². The van der Waals surface area contributed by atoms with Crippen LogP contribution in [0.4, 0.5) is 4.39 Å². The van der Waals surface area contributed by atoms with E-state index in [1.165, 1.54) is 13.2 Å². The molecule has 2 aliphatic rings. The molecule has 1 heterocycles. The molecule has 1 saturated carbocycles. The first-order chi connectivity index (χ1) is 12.6. The van der Waals surface area contributed by atoms with Crippen molar-refractivity contribution in [1.29, 1.82) is 0 Å². The van der Waals surface area contributed by atoms with Crippen LogP contribution in [-0.4, -0.2) is 54.9 Å². The van der Waals surface area contributed by atoms with Crippen LogP contribution in [0.1, 0.15) is 37.7 Å². The summed E-state index contributed by atoms with van der Waals surface area (Å²) in [5.41, 5.74) is 0.636. The molecule has 5 nitrogen and oxygen atoms in total. The van der Waals surface area contributed by atoms with Crippen LogP contribution >= 0.6 is 0 Å². The SMILES string of the molecule is COc1ccc(CC(=O)N2CCCN(C(=O)C3CCCC3)CC2)cc1F. The Morgan fingerprint density at radius 1 is 1.08 bits per heavy atom. The Hall–Kier alpha value is -2.11. The van der Waals surface area contributed by atoms with Crippen molar-refractivity contribution in [1.82, 2.24) is 9.80 Å². The molecule has 26 heavy (non-hydrogen) atoms. The number of hydrogen-bond acceptors (Lipinski definition) is 3. The number of benzene rings is 1. The maximum Gasteiger partial charge on any atom is 0.227 e. The van der Waals surface area contributed by atoms with Gasteiger partial charge in [-0.1, -0.05) is 18.9 Å². The van der Waals surface area contributed by atoms with Crippen LogP contribution in [-0.2, 0) is 16.0 Å². The molecule has 1 saturated heterocycles. The first-order valence-electron chi connectivity index (χ1n) is 9.47. The minimum absolute atomic E-state index is 0.0234. The number of carbonyl (C=O) groups is 2. The van der Waals surface area contributed by atoms with Gasteiger partial charge in [0.2, 0.25) is 11.8 Å². The molecule has 0 spiro atoms. The van der Waals surface area contributed by atoms with E-state index in [-0.39, 0.29) is 29.9 Å². The van der Waals surface area contributed by atoms with E-state index in [9.17, 15) is 14.0 Å². The fourth-order valence-corrected chi connectivity index (χ4v) is 3.92. The van der Waals surface area contributed by atoms with E-state index in [0.29, 0.717) is 25.2 Å². The Morgan fingerprint density at radius 2 is 1.77 bits per heavy atom. The van der Waals surface area contributed by atoms with Gasteiger partial charge in [0.25, 0.3) is 0 Å². The van der Waals surface area contributed by atoms with Crippen molar-refractivity contribution in [2.24, 2.45) is 5.92 Å². The highest BCUT2D eigenvalue weighted by Gasteiger charge is 2.29. The molecule has 6 heteroatoms. The Kier molecular flexibility index (Phi) is 6.12. The average Bonchev–Trinajstić information content (AvgIpc) is 3.05. The number of hydrogen-bond donors (Lipinski definition) is 0. The van der Waals surface area contributed by atoms with Crippen molar-refractivity contribution in [2.75, 3.05) is 33.3 Å². The first-order valence-corrected chi connectivity index (χ1v) is 9.47. The Bertz CT molecular complexity index is 658. The van der Waals surface area contributed by atoms with Gasteiger partial charge in [0, 0.05) is 32.1 Å². The predicted octanol–water partition coefficient (Wildman–Crippen LogP) is 2.63. The minimum Gasteiger partial charge on any atom is -0.494 e. The normalized spacial score (nSPS) is 18.7. The van der Waals surface area contributed by atoms with Crippen molar-refractivity contribution >= 4 is 11.8 Å². The van der Waals surface area contributed by atoms with E-state index in [4.69, 9.17) is 4.74 Å². The van der Waals surface area contributed by atoms with Crippen LogP contribution in [0, 0.1) is 11.7 Å². The molecule has 0 aromatic heterocycles. The van der Waals surface area contributed by atoms with Crippen LogP contribution in [0.15, 0.2) is 18.2 Å². The zero-order valence-corrected chi connectivity index (χ0v) is 15.4. The van der Waals surface area contributed by atoms with Crippen molar-refractivity contribution < 1.29 is 18.7 Å². The van der Waals surface area contributed by atoms with Gasteiger partial charge in [0.05, 0.1) is 13.5 Å². The summed E-state index contributed by atoms with van der Waals surface area (Å²) in [6.07, 6.45) is 5.25. The van der Waals surface area contributed by atoms with Gasteiger partial charge < -0.3 is 14.5 Å². The fraction of sp³-hybridized carbons (Fsp3) is 0.600. The summed E-state index contributed by atoms with van der Waals surface area (Å²) < 4.78 is 18.7. The number of halogens is 1.